The Bertz CT molecular complexity index is 1050. The molecule has 0 spiro atoms. The highest BCUT2D eigenvalue weighted by Crippen LogP contribution is 2.25. The summed E-state index contributed by atoms with van der Waals surface area (Å²) < 4.78 is 7.10. The zero-order chi connectivity index (χ0) is 20.2. The second-order valence-corrected chi connectivity index (χ2v) is 8.31. The Morgan fingerprint density at radius 1 is 1.24 bits per heavy atom. The third-order valence-electron chi connectivity index (χ3n) is 5.13. The summed E-state index contributed by atoms with van der Waals surface area (Å²) in [4.78, 5) is 29.6. The van der Waals surface area contributed by atoms with Crippen LogP contribution in [-0.4, -0.2) is 20.5 Å². The third-order valence-corrected chi connectivity index (χ3v) is 6.18. The molecule has 7 nitrogen and oxygen atoms in total. The SMILES string of the molecule is CCc1nn2c(=O)cc(COc3ccc(NC(=O)C4CCCCC4)cc3)nc2s1. The van der Waals surface area contributed by atoms with Gasteiger partial charge in [-0.1, -0.05) is 37.5 Å². The molecule has 1 saturated carbocycles. The van der Waals surface area contributed by atoms with Crippen molar-refractivity contribution in [2.45, 2.75) is 52.1 Å². The summed E-state index contributed by atoms with van der Waals surface area (Å²) in [6, 6.07) is 8.73. The maximum Gasteiger partial charge on any atom is 0.275 e. The van der Waals surface area contributed by atoms with Crippen LogP contribution >= 0.6 is 11.3 Å². The van der Waals surface area contributed by atoms with Crippen LogP contribution in [0, 0.1) is 5.92 Å². The maximum atomic E-state index is 12.3. The second kappa shape index (κ2) is 8.73. The van der Waals surface area contributed by atoms with Gasteiger partial charge in [0.05, 0.1) is 5.69 Å². The number of fused-ring (bicyclic) bond motifs is 1. The average Bonchev–Trinajstić information content (AvgIpc) is 3.18. The molecule has 8 heteroatoms. The van der Waals surface area contributed by atoms with E-state index in [4.69, 9.17) is 4.74 Å². The molecule has 2 heterocycles. The van der Waals surface area contributed by atoms with Crippen molar-refractivity contribution in [2.75, 3.05) is 5.32 Å². The molecule has 29 heavy (non-hydrogen) atoms. The number of carbonyl (C=O) groups is 1. The number of amides is 1. The minimum Gasteiger partial charge on any atom is -0.487 e. The molecule has 1 aliphatic rings. The van der Waals surface area contributed by atoms with Gasteiger partial charge in [-0.2, -0.15) is 9.61 Å². The van der Waals surface area contributed by atoms with Gasteiger partial charge in [0.15, 0.2) is 0 Å². The van der Waals surface area contributed by atoms with Gasteiger partial charge in [0.25, 0.3) is 5.56 Å². The molecule has 1 amide bonds. The van der Waals surface area contributed by atoms with Gasteiger partial charge in [-0.15, -0.1) is 0 Å². The van der Waals surface area contributed by atoms with Crippen LogP contribution in [-0.2, 0) is 17.8 Å². The van der Waals surface area contributed by atoms with Gasteiger partial charge in [0, 0.05) is 17.7 Å². The van der Waals surface area contributed by atoms with Crippen molar-refractivity contribution in [2.24, 2.45) is 5.92 Å². The molecule has 0 saturated heterocycles. The Hall–Kier alpha value is -2.74. The van der Waals surface area contributed by atoms with Crippen molar-refractivity contribution >= 4 is 27.9 Å². The first-order chi connectivity index (χ1) is 14.1. The van der Waals surface area contributed by atoms with E-state index < -0.39 is 0 Å². The molecule has 0 unspecified atom stereocenters. The zero-order valence-corrected chi connectivity index (χ0v) is 17.2. The first kappa shape index (κ1) is 19.6. The van der Waals surface area contributed by atoms with E-state index in [1.54, 1.807) is 0 Å². The predicted octanol–water partition coefficient (Wildman–Crippen LogP) is 3.81. The van der Waals surface area contributed by atoms with Gasteiger partial charge in [-0.05, 0) is 43.5 Å². The first-order valence-electron chi connectivity index (χ1n) is 10.0. The van der Waals surface area contributed by atoms with Gasteiger partial charge in [0.1, 0.15) is 17.4 Å². The van der Waals surface area contributed by atoms with E-state index in [-0.39, 0.29) is 24.0 Å². The van der Waals surface area contributed by atoms with Crippen LogP contribution in [0.4, 0.5) is 5.69 Å². The van der Waals surface area contributed by atoms with E-state index in [9.17, 15) is 9.59 Å². The number of nitrogens with zero attached hydrogens (tertiary/aromatic N) is 3. The van der Waals surface area contributed by atoms with Crippen molar-refractivity contribution < 1.29 is 9.53 Å². The minimum absolute atomic E-state index is 0.104. The Morgan fingerprint density at radius 3 is 2.72 bits per heavy atom. The van der Waals surface area contributed by atoms with Crippen LogP contribution in [0.2, 0.25) is 0 Å². The molecule has 152 valence electrons. The van der Waals surface area contributed by atoms with Gasteiger partial charge >= 0.3 is 0 Å². The number of rotatable bonds is 6. The highest BCUT2D eigenvalue weighted by molar-refractivity contribution is 7.16. The Kier molecular flexibility index (Phi) is 5.89. The van der Waals surface area contributed by atoms with Crippen LogP contribution in [0.25, 0.3) is 4.96 Å². The van der Waals surface area contributed by atoms with Gasteiger partial charge in [0.2, 0.25) is 10.9 Å². The fraction of sp³-hybridized carbons (Fsp3) is 0.429. The summed E-state index contributed by atoms with van der Waals surface area (Å²) in [6.07, 6.45) is 6.22. The zero-order valence-electron chi connectivity index (χ0n) is 16.4. The number of benzene rings is 1. The molecule has 4 rings (SSSR count). The number of nitrogens with one attached hydrogen (secondary N) is 1. The third kappa shape index (κ3) is 4.64. The van der Waals surface area contributed by atoms with Crippen molar-refractivity contribution in [1.82, 2.24) is 14.6 Å². The van der Waals surface area contributed by atoms with Crippen molar-refractivity contribution in [1.29, 1.82) is 0 Å². The molecule has 0 aliphatic heterocycles. The highest BCUT2D eigenvalue weighted by atomic mass is 32.1. The summed E-state index contributed by atoms with van der Waals surface area (Å²) in [6.45, 7) is 2.19. The lowest BCUT2D eigenvalue weighted by molar-refractivity contribution is -0.120. The summed E-state index contributed by atoms with van der Waals surface area (Å²) >= 11 is 1.41. The van der Waals surface area contributed by atoms with Crippen LogP contribution < -0.4 is 15.6 Å². The molecule has 2 aromatic heterocycles. The Morgan fingerprint density at radius 2 is 2.00 bits per heavy atom. The molecular weight excluding hydrogens is 388 g/mol. The van der Waals surface area contributed by atoms with Gasteiger partial charge < -0.3 is 10.1 Å². The van der Waals surface area contributed by atoms with Crippen molar-refractivity contribution in [3.05, 3.63) is 51.4 Å². The second-order valence-electron chi connectivity index (χ2n) is 7.27. The molecule has 0 bridgehead atoms. The molecule has 3 aromatic rings. The van der Waals surface area contributed by atoms with Crippen LogP contribution in [0.3, 0.4) is 0 Å². The number of hydrogen-bond acceptors (Lipinski definition) is 6. The van der Waals surface area contributed by atoms with E-state index >= 15 is 0 Å². The van der Waals surface area contributed by atoms with E-state index in [1.807, 2.05) is 31.2 Å². The predicted molar refractivity (Wildman–Crippen MR) is 112 cm³/mol. The lowest BCUT2D eigenvalue weighted by Gasteiger charge is -2.20. The molecule has 0 radical (unpaired) electrons. The lowest BCUT2D eigenvalue weighted by Crippen LogP contribution is -2.24. The number of anilines is 1. The quantitative estimate of drug-likeness (QED) is 0.665. The highest BCUT2D eigenvalue weighted by Gasteiger charge is 2.21. The Labute approximate surface area is 172 Å². The summed E-state index contributed by atoms with van der Waals surface area (Å²) in [5.41, 5.74) is 1.13. The van der Waals surface area contributed by atoms with E-state index in [2.05, 4.69) is 15.4 Å². The largest absolute Gasteiger partial charge is 0.487 e. The standard InChI is InChI=1S/C21H24N4O3S/c1-2-18-24-25-19(26)12-16(23-21(25)29-18)13-28-17-10-8-15(9-11-17)22-20(27)14-6-4-3-5-7-14/h8-12,14H,2-7,13H2,1H3,(H,22,27). The molecule has 1 N–H and O–H groups in total. The summed E-state index contributed by atoms with van der Waals surface area (Å²) in [5, 5.41) is 8.11. The van der Waals surface area contributed by atoms with E-state index in [1.165, 1.54) is 28.3 Å². The average molecular weight is 413 g/mol. The molecular formula is C21H24N4O3S. The van der Waals surface area contributed by atoms with Crippen LogP contribution in [0.1, 0.15) is 49.7 Å². The van der Waals surface area contributed by atoms with Crippen LogP contribution in [0.5, 0.6) is 5.75 Å². The van der Waals surface area contributed by atoms with Crippen molar-refractivity contribution in [3.63, 3.8) is 0 Å². The fourth-order valence-electron chi connectivity index (χ4n) is 3.51. The normalized spacial score (nSPS) is 14.8. The smallest absolute Gasteiger partial charge is 0.275 e. The molecule has 1 aliphatic carbocycles. The minimum atomic E-state index is -0.203. The number of aromatic nitrogens is 3. The monoisotopic (exact) mass is 412 g/mol. The first-order valence-corrected chi connectivity index (χ1v) is 10.9. The van der Waals surface area contributed by atoms with Gasteiger partial charge in [-0.3, -0.25) is 9.59 Å². The van der Waals surface area contributed by atoms with E-state index in [0.717, 1.165) is 42.8 Å². The van der Waals surface area contributed by atoms with Crippen molar-refractivity contribution in [3.8, 4) is 5.75 Å². The number of aryl methyl sites for hydroxylation is 1. The topological polar surface area (TPSA) is 85.6 Å². The fourth-order valence-corrected chi connectivity index (χ4v) is 4.37. The summed E-state index contributed by atoms with van der Waals surface area (Å²) in [7, 11) is 0. The van der Waals surface area contributed by atoms with Crippen LogP contribution in [0.15, 0.2) is 35.1 Å². The number of ether oxygens (including phenoxy) is 1. The number of carbonyl (C=O) groups excluding carboxylic acids is 1. The molecule has 1 aromatic carbocycles. The Balaban J connectivity index is 1.37. The number of hydrogen-bond donors (Lipinski definition) is 1. The molecule has 1 fully saturated rings. The molecule has 0 atom stereocenters. The lowest BCUT2D eigenvalue weighted by atomic mass is 9.88. The van der Waals surface area contributed by atoms with Gasteiger partial charge in [-0.25, -0.2) is 4.98 Å². The maximum absolute atomic E-state index is 12.3. The summed E-state index contributed by atoms with van der Waals surface area (Å²) in [5.74, 6) is 0.883. The van der Waals surface area contributed by atoms with E-state index in [0.29, 0.717) is 16.4 Å².